The average molecular weight is 648 g/mol. The van der Waals surface area contributed by atoms with Crippen molar-refractivity contribution in [2.75, 3.05) is 0 Å². The predicted molar refractivity (Wildman–Crippen MR) is 154 cm³/mol. The molecule has 1 N–H and O–H groups in total. The standard InChI is InChI=1S/C30H30Br2ClNO3/c1-29(2)11-21-26(23(35)13-29)25(27-22(34-21)12-30(3,4)14-24(27)36)17-9-19(31)28(20(32)10-17)37-15-16-5-7-18(33)8-6-16/h5-10,25,34H,11-15H2,1-4H3. The second-order valence-corrected chi connectivity index (χ2v) is 14.1. The fourth-order valence-corrected chi connectivity index (χ4v) is 7.42. The van der Waals surface area contributed by atoms with Gasteiger partial charge in [-0.15, -0.1) is 0 Å². The highest BCUT2D eigenvalue weighted by Crippen LogP contribution is 2.52. The molecule has 2 aromatic rings. The number of halogens is 3. The number of benzene rings is 2. The molecule has 3 aliphatic rings. The van der Waals surface area contributed by atoms with E-state index in [0.717, 1.165) is 55.5 Å². The molecule has 0 atom stereocenters. The SMILES string of the molecule is CC1(C)CC(=O)C2=C(C1)NC1=C(C(=O)CC(C)(C)C1)C2c1cc(Br)c(OCc2ccc(Cl)cc2)c(Br)c1. The molecule has 0 saturated carbocycles. The van der Waals surface area contributed by atoms with Crippen LogP contribution in [0, 0.1) is 10.8 Å². The summed E-state index contributed by atoms with van der Waals surface area (Å²) in [5, 5.41) is 4.25. The van der Waals surface area contributed by atoms with Crippen LogP contribution in [0.3, 0.4) is 0 Å². The molecule has 5 rings (SSSR count). The number of ether oxygens (including phenoxy) is 1. The number of hydrogen-bond donors (Lipinski definition) is 1. The normalized spacial score (nSPS) is 20.9. The van der Waals surface area contributed by atoms with Crippen LogP contribution >= 0.6 is 43.5 Å². The van der Waals surface area contributed by atoms with E-state index in [1.807, 2.05) is 36.4 Å². The first-order chi connectivity index (χ1) is 17.3. The molecule has 0 amide bonds. The van der Waals surface area contributed by atoms with Gasteiger partial charge in [-0.3, -0.25) is 9.59 Å². The highest BCUT2D eigenvalue weighted by molar-refractivity contribution is 9.11. The number of ketones is 2. The largest absolute Gasteiger partial charge is 0.487 e. The molecule has 7 heteroatoms. The molecular weight excluding hydrogens is 618 g/mol. The lowest BCUT2D eigenvalue weighted by Crippen LogP contribution is -2.42. The fraction of sp³-hybridized carbons (Fsp3) is 0.400. The molecule has 37 heavy (non-hydrogen) atoms. The minimum absolute atomic E-state index is 0.114. The number of nitrogens with one attached hydrogen (secondary N) is 1. The second-order valence-electron chi connectivity index (χ2n) is 12.0. The van der Waals surface area contributed by atoms with Gasteiger partial charge in [0.05, 0.1) is 8.95 Å². The zero-order chi connectivity index (χ0) is 26.7. The van der Waals surface area contributed by atoms with Crippen molar-refractivity contribution >= 4 is 55.0 Å². The first-order valence-electron chi connectivity index (χ1n) is 12.5. The molecule has 194 valence electrons. The molecular formula is C30H30Br2ClNO3. The van der Waals surface area contributed by atoms with Gasteiger partial charge < -0.3 is 10.1 Å². The number of rotatable bonds is 4. The summed E-state index contributed by atoms with van der Waals surface area (Å²) in [6, 6.07) is 11.5. The summed E-state index contributed by atoms with van der Waals surface area (Å²) in [6.45, 7) is 8.90. The van der Waals surface area contributed by atoms with Gasteiger partial charge in [0.1, 0.15) is 12.4 Å². The predicted octanol–water partition coefficient (Wildman–Crippen LogP) is 8.42. The molecule has 0 saturated heterocycles. The zero-order valence-corrected chi connectivity index (χ0v) is 25.4. The third-order valence-electron chi connectivity index (χ3n) is 7.37. The maximum absolute atomic E-state index is 13.6. The van der Waals surface area contributed by atoms with Gasteiger partial charge in [-0.2, -0.15) is 0 Å². The van der Waals surface area contributed by atoms with Gasteiger partial charge in [0.25, 0.3) is 0 Å². The van der Waals surface area contributed by atoms with E-state index >= 15 is 0 Å². The third-order valence-corrected chi connectivity index (χ3v) is 8.80. The third kappa shape index (κ3) is 5.35. The summed E-state index contributed by atoms with van der Waals surface area (Å²) in [4.78, 5) is 27.1. The van der Waals surface area contributed by atoms with Crippen molar-refractivity contribution < 1.29 is 14.3 Å². The van der Waals surface area contributed by atoms with Crippen LogP contribution in [0.25, 0.3) is 0 Å². The molecule has 0 unspecified atom stereocenters. The van der Waals surface area contributed by atoms with Gasteiger partial charge in [-0.1, -0.05) is 51.4 Å². The Hall–Kier alpha value is -1.89. The van der Waals surface area contributed by atoms with E-state index in [0.29, 0.717) is 30.2 Å². The number of hydrogen-bond acceptors (Lipinski definition) is 4. The molecule has 0 fully saturated rings. The summed E-state index contributed by atoms with van der Waals surface area (Å²) in [5.41, 5.74) is 5.05. The number of Topliss-reactive ketones (excluding diaryl/α,β-unsaturated/α-hetero) is 2. The number of carbonyl (C=O) groups excluding carboxylic acids is 2. The van der Waals surface area contributed by atoms with E-state index < -0.39 is 5.92 Å². The summed E-state index contributed by atoms with van der Waals surface area (Å²) in [5.74, 6) is 0.506. The summed E-state index contributed by atoms with van der Waals surface area (Å²) in [7, 11) is 0. The topological polar surface area (TPSA) is 55.4 Å². The van der Waals surface area contributed by atoms with Crippen LogP contribution in [0.15, 0.2) is 67.9 Å². The number of allylic oxidation sites excluding steroid dienone is 4. The van der Waals surface area contributed by atoms with Gasteiger partial charge in [0, 0.05) is 46.3 Å². The van der Waals surface area contributed by atoms with Crippen molar-refractivity contribution in [1.29, 1.82) is 0 Å². The Balaban J connectivity index is 1.56. The average Bonchev–Trinajstić information content (AvgIpc) is 2.76. The van der Waals surface area contributed by atoms with Crippen molar-refractivity contribution in [2.24, 2.45) is 10.8 Å². The minimum Gasteiger partial charge on any atom is -0.487 e. The van der Waals surface area contributed by atoms with E-state index in [9.17, 15) is 9.59 Å². The van der Waals surface area contributed by atoms with Crippen LogP contribution in [0.4, 0.5) is 0 Å². The Kier molecular flexibility index (Phi) is 7.00. The Morgan fingerprint density at radius 1 is 0.865 bits per heavy atom. The number of dihydropyridines is 1. The van der Waals surface area contributed by atoms with Crippen LogP contribution in [0.5, 0.6) is 5.75 Å². The molecule has 0 bridgehead atoms. The fourth-order valence-electron chi connectivity index (χ4n) is 5.84. The van der Waals surface area contributed by atoms with Crippen molar-refractivity contribution in [1.82, 2.24) is 5.32 Å². The van der Waals surface area contributed by atoms with Crippen LogP contribution in [0.1, 0.15) is 70.4 Å². The van der Waals surface area contributed by atoms with Gasteiger partial charge >= 0.3 is 0 Å². The molecule has 1 aliphatic heterocycles. The first kappa shape index (κ1) is 26.7. The zero-order valence-electron chi connectivity index (χ0n) is 21.4. The summed E-state index contributed by atoms with van der Waals surface area (Å²) in [6.07, 6.45) is 2.50. The first-order valence-corrected chi connectivity index (χ1v) is 14.5. The van der Waals surface area contributed by atoms with E-state index in [1.165, 1.54) is 0 Å². The van der Waals surface area contributed by atoms with Crippen molar-refractivity contribution in [3.05, 3.63) is 84.0 Å². The smallest absolute Gasteiger partial charge is 0.162 e. The van der Waals surface area contributed by atoms with Crippen molar-refractivity contribution in [3.8, 4) is 5.75 Å². The highest BCUT2D eigenvalue weighted by atomic mass is 79.9. The van der Waals surface area contributed by atoms with Gasteiger partial charge in [0.15, 0.2) is 11.6 Å². The van der Waals surface area contributed by atoms with Gasteiger partial charge in [0.2, 0.25) is 0 Å². The monoisotopic (exact) mass is 645 g/mol. The highest BCUT2D eigenvalue weighted by Gasteiger charge is 2.46. The lowest BCUT2D eigenvalue weighted by Gasteiger charge is -2.44. The van der Waals surface area contributed by atoms with Crippen LogP contribution < -0.4 is 10.1 Å². The summed E-state index contributed by atoms with van der Waals surface area (Å²) < 4.78 is 7.67. The van der Waals surface area contributed by atoms with E-state index in [-0.39, 0.29) is 22.4 Å². The van der Waals surface area contributed by atoms with Crippen molar-refractivity contribution in [3.63, 3.8) is 0 Å². The molecule has 2 aliphatic carbocycles. The van der Waals surface area contributed by atoms with E-state index in [4.69, 9.17) is 16.3 Å². The second kappa shape index (κ2) is 9.69. The molecule has 0 aromatic heterocycles. The molecule has 0 radical (unpaired) electrons. The lowest BCUT2D eigenvalue weighted by molar-refractivity contribution is -0.119. The maximum Gasteiger partial charge on any atom is 0.162 e. The Morgan fingerprint density at radius 2 is 1.35 bits per heavy atom. The Labute approximate surface area is 240 Å². The minimum atomic E-state index is -0.392. The van der Waals surface area contributed by atoms with E-state index in [2.05, 4.69) is 64.9 Å². The maximum atomic E-state index is 13.6. The lowest BCUT2D eigenvalue weighted by atomic mass is 9.64. The Morgan fingerprint density at radius 3 is 1.84 bits per heavy atom. The molecule has 2 aromatic carbocycles. The molecule has 1 heterocycles. The van der Waals surface area contributed by atoms with Crippen LogP contribution in [-0.2, 0) is 16.2 Å². The molecule has 4 nitrogen and oxygen atoms in total. The van der Waals surface area contributed by atoms with Crippen LogP contribution in [-0.4, -0.2) is 11.6 Å². The van der Waals surface area contributed by atoms with Gasteiger partial charge in [-0.25, -0.2) is 0 Å². The Bertz CT molecular complexity index is 1300. The van der Waals surface area contributed by atoms with Gasteiger partial charge in [-0.05, 0) is 90.9 Å². The quantitative estimate of drug-likeness (QED) is 0.362. The van der Waals surface area contributed by atoms with Crippen molar-refractivity contribution in [2.45, 2.75) is 65.9 Å². The number of carbonyl (C=O) groups is 2. The van der Waals surface area contributed by atoms with E-state index in [1.54, 1.807) is 0 Å². The molecule has 0 spiro atoms. The van der Waals surface area contributed by atoms with Crippen LogP contribution in [0.2, 0.25) is 5.02 Å². The summed E-state index contributed by atoms with van der Waals surface area (Å²) >= 11 is 13.4.